The molecule has 4 rings (SSSR count). The number of fused-ring (bicyclic) bond motifs is 1. The summed E-state index contributed by atoms with van der Waals surface area (Å²) in [5.74, 6) is 2.07. The Morgan fingerprint density at radius 2 is 2.00 bits per heavy atom. The highest BCUT2D eigenvalue weighted by Crippen LogP contribution is 2.32. The van der Waals surface area contributed by atoms with E-state index in [1.54, 1.807) is 14.2 Å². The molecule has 1 N–H and O–H groups in total. The summed E-state index contributed by atoms with van der Waals surface area (Å²) in [7, 11) is 3.25. The first kappa shape index (κ1) is 19.0. The lowest BCUT2D eigenvalue weighted by Gasteiger charge is -2.07. The largest absolute Gasteiger partial charge is 0.497 e. The molecule has 0 unspecified atom stereocenters. The Bertz CT molecular complexity index is 1180. The summed E-state index contributed by atoms with van der Waals surface area (Å²) in [6.45, 7) is 1.95. The number of benzene rings is 2. The molecule has 4 aromatic rings. The summed E-state index contributed by atoms with van der Waals surface area (Å²) in [4.78, 5) is 16.9. The van der Waals surface area contributed by atoms with Crippen molar-refractivity contribution in [1.82, 2.24) is 4.98 Å². The van der Waals surface area contributed by atoms with Gasteiger partial charge in [0, 0.05) is 16.8 Å². The number of aryl methyl sites for hydroxylation is 1. The molecule has 2 aromatic carbocycles. The normalized spacial score (nSPS) is 10.9. The molecule has 7 heteroatoms. The SMILES string of the molecule is COc1ccc2cc(-c3csc(NC(=O)Cc4ccc(OC)c(C)c4)n3)oc2c1. The van der Waals surface area contributed by atoms with Gasteiger partial charge in [0.05, 0.1) is 20.6 Å². The summed E-state index contributed by atoms with van der Waals surface area (Å²) < 4.78 is 16.4. The molecule has 2 heterocycles. The van der Waals surface area contributed by atoms with Crippen LogP contribution in [0.1, 0.15) is 11.1 Å². The van der Waals surface area contributed by atoms with Crippen molar-refractivity contribution < 1.29 is 18.7 Å². The molecule has 6 nitrogen and oxygen atoms in total. The van der Waals surface area contributed by atoms with Gasteiger partial charge in [0.15, 0.2) is 10.9 Å². The molecule has 0 bridgehead atoms. The Hall–Kier alpha value is -3.32. The van der Waals surface area contributed by atoms with Gasteiger partial charge in [-0.25, -0.2) is 4.98 Å². The Morgan fingerprint density at radius 1 is 1.14 bits per heavy atom. The molecule has 0 saturated carbocycles. The van der Waals surface area contributed by atoms with Crippen LogP contribution in [0.3, 0.4) is 0 Å². The fraction of sp³-hybridized carbons (Fsp3) is 0.182. The van der Waals surface area contributed by atoms with Crippen LogP contribution in [0.25, 0.3) is 22.4 Å². The van der Waals surface area contributed by atoms with Crippen molar-refractivity contribution in [1.29, 1.82) is 0 Å². The predicted octanol–water partition coefficient (Wildman–Crippen LogP) is 5.06. The van der Waals surface area contributed by atoms with Crippen LogP contribution in [0.15, 0.2) is 52.3 Å². The lowest BCUT2D eigenvalue weighted by Crippen LogP contribution is -2.14. The zero-order valence-corrected chi connectivity index (χ0v) is 17.1. The van der Waals surface area contributed by atoms with Crippen molar-refractivity contribution >= 4 is 33.3 Å². The standard InChI is InChI=1S/C22H20N2O4S/c1-13-8-14(4-7-18(13)27-3)9-21(25)24-22-23-17(12-29-22)20-10-15-5-6-16(26-2)11-19(15)28-20/h4-8,10-12H,9H2,1-3H3,(H,23,24,25). The Kier molecular flexibility index (Phi) is 5.22. The molecule has 0 radical (unpaired) electrons. The van der Waals surface area contributed by atoms with Gasteiger partial charge < -0.3 is 19.2 Å². The minimum Gasteiger partial charge on any atom is -0.497 e. The van der Waals surface area contributed by atoms with Crippen LogP contribution in [0, 0.1) is 6.92 Å². The van der Waals surface area contributed by atoms with Gasteiger partial charge in [-0.3, -0.25) is 4.79 Å². The lowest BCUT2D eigenvalue weighted by atomic mass is 10.1. The van der Waals surface area contributed by atoms with E-state index in [0.717, 1.165) is 33.6 Å². The van der Waals surface area contributed by atoms with Gasteiger partial charge in [0.1, 0.15) is 22.8 Å². The van der Waals surface area contributed by atoms with Crippen LogP contribution in [0.4, 0.5) is 5.13 Å². The smallest absolute Gasteiger partial charge is 0.230 e. The summed E-state index contributed by atoms with van der Waals surface area (Å²) in [6.07, 6.45) is 0.268. The topological polar surface area (TPSA) is 73.6 Å². The molecule has 0 fully saturated rings. The fourth-order valence-corrected chi connectivity index (χ4v) is 3.82. The molecular weight excluding hydrogens is 388 g/mol. The second kappa shape index (κ2) is 7.97. The number of nitrogens with one attached hydrogen (secondary N) is 1. The maximum Gasteiger partial charge on any atom is 0.230 e. The highest BCUT2D eigenvalue weighted by atomic mass is 32.1. The molecular formula is C22H20N2O4S. The van der Waals surface area contributed by atoms with Gasteiger partial charge in [-0.05, 0) is 42.3 Å². The number of furan rings is 1. The number of nitrogens with zero attached hydrogens (tertiary/aromatic N) is 1. The number of aromatic nitrogens is 1. The number of hydrogen-bond donors (Lipinski definition) is 1. The number of methoxy groups -OCH3 is 2. The maximum atomic E-state index is 12.4. The first-order valence-corrected chi connectivity index (χ1v) is 9.90. The van der Waals surface area contributed by atoms with Gasteiger partial charge in [-0.15, -0.1) is 11.3 Å². The van der Waals surface area contributed by atoms with Gasteiger partial charge in [-0.2, -0.15) is 0 Å². The van der Waals surface area contributed by atoms with E-state index in [2.05, 4.69) is 10.3 Å². The molecule has 0 aliphatic carbocycles. The second-order valence-corrected chi connectivity index (χ2v) is 7.44. The van der Waals surface area contributed by atoms with Crippen molar-refractivity contribution in [3.63, 3.8) is 0 Å². The third-order valence-corrected chi connectivity index (χ3v) is 5.31. The Balaban J connectivity index is 1.46. The van der Waals surface area contributed by atoms with Gasteiger partial charge in [0.25, 0.3) is 0 Å². The molecule has 2 aromatic heterocycles. The summed E-state index contributed by atoms with van der Waals surface area (Å²) in [6, 6.07) is 13.3. The van der Waals surface area contributed by atoms with Crippen LogP contribution in [0.5, 0.6) is 11.5 Å². The van der Waals surface area contributed by atoms with E-state index >= 15 is 0 Å². The van der Waals surface area contributed by atoms with E-state index in [1.165, 1.54) is 11.3 Å². The van der Waals surface area contributed by atoms with Crippen molar-refractivity contribution in [2.24, 2.45) is 0 Å². The number of rotatable bonds is 6. The molecule has 0 saturated heterocycles. The van der Waals surface area contributed by atoms with Crippen LogP contribution < -0.4 is 14.8 Å². The van der Waals surface area contributed by atoms with E-state index in [-0.39, 0.29) is 12.3 Å². The van der Waals surface area contributed by atoms with Crippen molar-refractivity contribution in [2.45, 2.75) is 13.3 Å². The minimum absolute atomic E-state index is 0.121. The predicted molar refractivity (Wildman–Crippen MR) is 114 cm³/mol. The third-order valence-electron chi connectivity index (χ3n) is 4.55. The third kappa shape index (κ3) is 4.09. The quantitative estimate of drug-likeness (QED) is 0.483. The highest BCUT2D eigenvalue weighted by molar-refractivity contribution is 7.14. The second-order valence-electron chi connectivity index (χ2n) is 6.58. The Labute approximate surface area is 172 Å². The van der Waals surface area contributed by atoms with Crippen LogP contribution in [-0.2, 0) is 11.2 Å². The van der Waals surface area contributed by atoms with Crippen LogP contribution in [0.2, 0.25) is 0 Å². The summed E-state index contributed by atoms with van der Waals surface area (Å²) >= 11 is 1.36. The first-order valence-electron chi connectivity index (χ1n) is 9.02. The maximum absolute atomic E-state index is 12.4. The fourth-order valence-electron chi connectivity index (χ4n) is 3.11. The van der Waals surface area contributed by atoms with Crippen LogP contribution >= 0.6 is 11.3 Å². The van der Waals surface area contributed by atoms with E-state index in [1.807, 2.05) is 54.8 Å². The van der Waals surface area contributed by atoms with E-state index in [0.29, 0.717) is 16.6 Å². The van der Waals surface area contributed by atoms with Gasteiger partial charge in [0.2, 0.25) is 5.91 Å². The molecule has 148 valence electrons. The summed E-state index contributed by atoms with van der Waals surface area (Å²) in [5.41, 5.74) is 3.33. The molecule has 0 aliphatic heterocycles. The van der Waals surface area contributed by atoms with Gasteiger partial charge >= 0.3 is 0 Å². The number of carbonyl (C=O) groups is 1. The van der Waals surface area contributed by atoms with E-state index in [9.17, 15) is 4.79 Å². The average molecular weight is 408 g/mol. The van der Waals surface area contributed by atoms with Gasteiger partial charge in [-0.1, -0.05) is 12.1 Å². The van der Waals surface area contributed by atoms with Crippen molar-refractivity contribution in [3.05, 3.63) is 59.0 Å². The first-order chi connectivity index (χ1) is 14.1. The molecule has 1 amide bonds. The lowest BCUT2D eigenvalue weighted by molar-refractivity contribution is -0.115. The van der Waals surface area contributed by atoms with E-state index < -0.39 is 0 Å². The average Bonchev–Trinajstić information content (AvgIpc) is 3.34. The number of amides is 1. The molecule has 0 atom stereocenters. The number of anilines is 1. The number of ether oxygens (including phenoxy) is 2. The number of thiazole rings is 1. The number of hydrogen-bond acceptors (Lipinski definition) is 6. The minimum atomic E-state index is -0.121. The zero-order chi connectivity index (χ0) is 20.4. The molecule has 0 spiro atoms. The van der Waals surface area contributed by atoms with E-state index in [4.69, 9.17) is 13.9 Å². The number of carbonyl (C=O) groups excluding carboxylic acids is 1. The monoisotopic (exact) mass is 408 g/mol. The van der Waals surface area contributed by atoms with Crippen molar-refractivity contribution in [2.75, 3.05) is 19.5 Å². The van der Waals surface area contributed by atoms with Crippen LogP contribution in [-0.4, -0.2) is 25.1 Å². The molecule has 29 heavy (non-hydrogen) atoms. The molecule has 0 aliphatic rings. The summed E-state index contributed by atoms with van der Waals surface area (Å²) in [5, 5.41) is 6.22. The highest BCUT2D eigenvalue weighted by Gasteiger charge is 2.13. The zero-order valence-electron chi connectivity index (χ0n) is 16.3. The Morgan fingerprint density at radius 3 is 2.76 bits per heavy atom. The van der Waals surface area contributed by atoms with Crippen molar-refractivity contribution in [3.8, 4) is 23.0 Å².